The molecule has 0 bridgehead atoms. The molecule has 0 spiro atoms. The molecule has 4 nitrogen and oxygen atoms in total. The molecule has 1 N–H and O–H groups in total. The van der Waals surface area contributed by atoms with Crippen molar-refractivity contribution in [1.82, 2.24) is 15.3 Å². The van der Waals surface area contributed by atoms with Gasteiger partial charge in [-0.05, 0) is 42.7 Å². The van der Waals surface area contributed by atoms with Crippen LogP contribution >= 0.6 is 0 Å². The lowest BCUT2D eigenvalue weighted by atomic mass is 9.84. The van der Waals surface area contributed by atoms with Crippen molar-refractivity contribution >= 4 is 5.91 Å². The van der Waals surface area contributed by atoms with E-state index in [1.807, 2.05) is 6.92 Å². The number of aryl methyl sites for hydroxylation is 1. The molecule has 1 aliphatic rings. The Labute approximate surface area is 150 Å². The molecular formula is C21H27N3O. The number of hydrogen-bond donors (Lipinski definition) is 1. The summed E-state index contributed by atoms with van der Waals surface area (Å²) in [6.07, 6.45) is 11.6. The first kappa shape index (κ1) is 17.6. The molecule has 3 rings (SSSR count). The van der Waals surface area contributed by atoms with Crippen LogP contribution in [0.2, 0.25) is 0 Å². The number of nitrogens with one attached hydrogen (secondary N) is 1. The van der Waals surface area contributed by atoms with Gasteiger partial charge in [0.25, 0.3) is 5.91 Å². The normalized spacial score (nSPS) is 15.1. The number of rotatable bonds is 6. The van der Waals surface area contributed by atoms with Crippen LogP contribution in [0.1, 0.15) is 72.3 Å². The molecular weight excluding hydrogens is 310 g/mol. The highest BCUT2D eigenvalue weighted by Gasteiger charge is 2.15. The van der Waals surface area contributed by atoms with Gasteiger partial charge in [-0.15, -0.1) is 0 Å². The van der Waals surface area contributed by atoms with E-state index >= 15 is 0 Å². The van der Waals surface area contributed by atoms with E-state index in [1.165, 1.54) is 43.2 Å². The molecule has 1 aliphatic carbocycles. The minimum absolute atomic E-state index is 0.158. The quantitative estimate of drug-likeness (QED) is 0.865. The summed E-state index contributed by atoms with van der Waals surface area (Å²) < 4.78 is 0. The second kappa shape index (κ2) is 8.75. The lowest BCUT2D eigenvalue weighted by molar-refractivity contribution is 0.0948. The predicted molar refractivity (Wildman–Crippen MR) is 99.7 cm³/mol. The Morgan fingerprint density at radius 2 is 1.84 bits per heavy atom. The van der Waals surface area contributed by atoms with Gasteiger partial charge in [0.15, 0.2) is 0 Å². The van der Waals surface area contributed by atoms with Gasteiger partial charge in [-0.1, -0.05) is 50.5 Å². The first-order valence-electron chi connectivity index (χ1n) is 9.44. The van der Waals surface area contributed by atoms with Gasteiger partial charge in [0.2, 0.25) is 0 Å². The predicted octanol–water partition coefficient (Wildman–Crippen LogP) is 4.06. The average molecular weight is 337 g/mol. The van der Waals surface area contributed by atoms with E-state index in [2.05, 4.69) is 39.6 Å². The first-order chi connectivity index (χ1) is 12.3. The summed E-state index contributed by atoms with van der Waals surface area (Å²) in [6, 6.07) is 8.93. The summed E-state index contributed by atoms with van der Waals surface area (Å²) in [7, 11) is 0. The van der Waals surface area contributed by atoms with Crippen LogP contribution in [-0.2, 0) is 12.8 Å². The Morgan fingerprint density at radius 1 is 1.08 bits per heavy atom. The first-order valence-corrected chi connectivity index (χ1v) is 9.44. The highest BCUT2D eigenvalue weighted by molar-refractivity contribution is 5.91. The number of hydrogen-bond acceptors (Lipinski definition) is 3. The Kier molecular flexibility index (Phi) is 6.15. The van der Waals surface area contributed by atoms with Gasteiger partial charge in [-0.25, -0.2) is 4.98 Å². The molecule has 1 heterocycles. The van der Waals surface area contributed by atoms with Gasteiger partial charge < -0.3 is 5.32 Å². The molecule has 1 amide bonds. The summed E-state index contributed by atoms with van der Waals surface area (Å²) in [5.74, 6) is 0.584. The van der Waals surface area contributed by atoms with Crippen LogP contribution in [-0.4, -0.2) is 22.4 Å². The largest absolute Gasteiger partial charge is 0.350 e. The fourth-order valence-corrected chi connectivity index (χ4v) is 3.46. The van der Waals surface area contributed by atoms with Crippen LogP contribution in [0.3, 0.4) is 0 Å². The second-order valence-corrected chi connectivity index (χ2v) is 6.83. The third-order valence-corrected chi connectivity index (χ3v) is 5.06. The Balaban J connectivity index is 1.47. The molecule has 0 radical (unpaired) electrons. The molecule has 0 atom stereocenters. The molecule has 0 saturated heterocycles. The second-order valence-electron chi connectivity index (χ2n) is 6.83. The van der Waals surface area contributed by atoms with Crippen LogP contribution in [0.15, 0.2) is 36.7 Å². The third kappa shape index (κ3) is 4.88. The number of amides is 1. The minimum Gasteiger partial charge on any atom is -0.350 e. The summed E-state index contributed by atoms with van der Waals surface area (Å²) in [5.41, 5.74) is 4.01. The highest BCUT2D eigenvalue weighted by Crippen LogP contribution is 2.32. The molecule has 1 fully saturated rings. The Hall–Kier alpha value is -2.23. The van der Waals surface area contributed by atoms with Crippen molar-refractivity contribution in [1.29, 1.82) is 0 Å². The van der Waals surface area contributed by atoms with Crippen molar-refractivity contribution in [3.8, 4) is 0 Å². The van der Waals surface area contributed by atoms with Crippen molar-refractivity contribution < 1.29 is 4.79 Å². The van der Waals surface area contributed by atoms with Crippen LogP contribution in [0.4, 0.5) is 0 Å². The molecule has 132 valence electrons. The van der Waals surface area contributed by atoms with E-state index in [9.17, 15) is 4.79 Å². The van der Waals surface area contributed by atoms with Crippen LogP contribution in [0.5, 0.6) is 0 Å². The van der Waals surface area contributed by atoms with Crippen molar-refractivity contribution in [2.45, 2.75) is 57.8 Å². The smallest absolute Gasteiger partial charge is 0.271 e. The average Bonchev–Trinajstić information content (AvgIpc) is 2.69. The maximum Gasteiger partial charge on any atom is 0.271 e. The molecule has 25 heavy (non-hydrogen) atoms. The van der Waals surface area contributed by atoms with E-state index in [-0.39, 0.29) is 5.91 Å². The van der Waals surface area contributed by atoms with Gasteiger partial charge in [-0.3, -0.25) is 9.78 Å². The zero-order valence-electron chi connectivity index (χ0n) is 15.0. The number of nitrogens with zero attached hydrogens (tertiary/aromatic N) is 2. The number of carbonyl (C=O) groups excluding carboxylic acids is 1. The molecule has 1 aromatic heterocycles. The van der Waals surface area contributed by atoms with E-state index in [1.54, 1.807) is 12.4 Å². The maximum atomic E-state index is 12.1. The SMILES string of the molecule is CCc1cnc(C(=O)NCCc2ccc(C3CCCCC3)cc2)cn1. The minimum atomic E-state index is -0.158. The zero-order chi connectivity index (χ0) is 17.5. The summed E-state index contributed by atoms with van der Waals surface area (Å²) >= 11 is 0. The van der Waals surface area contributed by atoms with E-state index < -0.39 is 0 Å². The van der Waals surface area contributed by atoms with Crippen molar-refractivity contribution in [3.63, 3.8) is 0 Å². The van der Waals surface area contributed by atoms with E-state index in [0.29, 0.717) is 12.2 Å². The Morgan fingerprint density at radius 3 is 2.48 bits per heavy atom. The van der Waals surface area contributed by atoms with Gasteiger partial charge >= 0.3 is 0 Å². The molecule has 2 aromatic rings. The number of benzene rings is 1. The maximum absolute atomic E-state index is 12.1. The van der Waals surface area contributed by atoms with Crippen LogP contribution in [0.25, 0.3) is 0 Å². The molecule has 0 unspecified atom stereocenters. The topological polar surface area (TPSA) is 54.9 Å². The highest BCUT2D eigenvalue weighted by atomic mass is 16.1. The monoisotopic (exact) mass is 337 g/mol. The fraction of sp³-hybridized carbons (Fsp3) is 0.476. The zero-order valence-corrected chi connectivity index (χ0v) is 15.0. The van der Waals surface area contributed by atoms with Gasteiger partial charge in [0, 0.05) is 12.7 Å². The van der Waals surface area contributed by atoms with Crippen molar-refractivity contribution in [3.05, 3.63) is 59.2 Å². The summed E-state index contributed by atoms with van der Waals surface area (Å²) in [6.45, 7) is 2.63. The van der Waals surface area contributed by atoms with Crippen molar-refractivity contribution in [2.24, 2.45) is 0 Å². The van der Waals surface area contributed by atoms with Gasteiger partial charge in [0.1, 0.15) is 5.69 Å². The summed E-state index contributed by atoms with van der Waals surface area (Å²) in [5, 5.41) is 2.92. The lowest BCUT2D eigenvalue weighted by Crippen LogP contribution is -2.26. The Bertz CT molecular complexity index is 673. The number of carbonyl (C=O) groups is 1. The third-order valence-electron chi connectivity index (χ3n) is 5.06. The van der Waals surface area contributed by atoms with E-state index in [4.69, 9.17) is 0 Å². The standard InChI is InChI=1S/C21H27N3O/c1-2-19-14-24-20(15-23-19)21(25)22-13-12-16-8-10-18(11-9-16)17-6-4-3-5-7-17/h8-11,14-15,17H,2-7,12-13H2,1H3,(H,22,25). The molecule has 1 aromatic carbocycles. The van der Waals surface area contributed by atoms with Gasteiger partial charge in [-0.2, -0.15) is 0 Å². The number of aromatic nitrogens is 2. The summed E-state index contributed by atoms with van der Waals surface area (Å²) in [4.78, 5) is 20.5. The molecule has 0 aliphatic heterocycles. The lowest BCUT2D eigenvalue weighted by Gasteiger charge is -2.22. The fourth-order valence-electron chi connectivity index (χ4n) is 3.46. The van der Waals surface area contributed by atoms with E-state index in [0.717, 1.165) is 24.5 Å². The van der Waals surface area contributed by atoms with Gasteiger partial charge in [0.05, 0.1) is 11.9 Å². The molecule has 1 saturated carbocycles. The molecule has 4 heteroatoms. The van der Waals surface area contributed by atoms with Crippen LogP contribution < -0.4 is 5.32 Å². The van der Waals surface area contributed by atoms with Crippen molar-refractivity contribution in [2.75, 3.05) is 6.54 Å². The van der Waals surface area contributed by atoms with Crippen LogP contribution in [0, 0.1) is 0 Å².